The van der Waals surface area contributed by atoms with Gasteiger partial charge in [-0.05, 0) is 43.1 Å². The van der Waals surface area contributed by atoms with Crippen molar-refractivity contribution in [2.24, 2.45) is 11.3 Å². The molecule has 3 rings (SSSR count). The van der Waals surface area contributed by atoms with Gasteiger partial charge in [-0.1, -0.05) is 6.92 Å². The Labute approximate surface area is 116 Å². The lowest BCUT2D eigenvalue weighted by Crippen LogP contribution is -2.61. The second-order valence-electron chi connectivity index (χ2n) is 6.18. The Morgan fingerprint density at radius 1 is 1.35 bits per heavy atom. The molecule has 0 aromatic carbocycles. The molecule has 1 aliphatic carbocycles. The van der Waals surface area contributed by atoms with Crippen LogP contribution < -0.4 is 10.6 Å². The summed E-state index contributed by atoms with van der Waals surface area (Å²) in [7, 11) is 0. The molecule has 108 valence electrons. The summed E-state index contributed by atoms with van der Waals surface area (Å²) in [5.41, 5.74) is 1.21. The number of fused-ring (bicyclic) bond motifs is 1. The normalized spacial score (nSPS) is 30.6. The third-order valence-corrected chi connectivity index (χ3v) is 4.39. The summed E-state index contributed by atoms with van der Waals surface area (Å²) in [6.45, 7) is 2.26. The maximum Gasteiger partial charge on any atom is 0.332 e. The fraction of sp³-hybridized carbons (Fsp3) is 0.643. The highest BCUT2D eigenvalue weighted by atomic mass is 16.6. The van der Waals surface area contributed by atoms with E-state index in [0.29, 0.717) is 11.8 Å². The van der Waals surface area contributed by atoms with Crippen molar-refractivity contribution in [3.63, 3.8) is 0 Å². The van der Waals surface area contributed by atoms with Gasteiger partial charge in [0.1, 0.15) is 5.92 Å². The van der Waals surface area contributed by atoms with Gasteiger partial charge in [-0.15, -0.1) is 0 Å². The first-order valence-corrected chi connectivity index (χ1v) is 6.99. The third kappa shape index (κ3) is 2.55. The van der Waals surface area contributed by atoms with Crippen molar-refractivity contribution in [3.8, 4) is 0 Å². The molecule has 0 spiro atoms. The summed E-state index contributed by atoms with van der Waals surface area (Å²) < 4.78 is 5.01. The number of carbonyl (C=O) groups is 3. The van der Waals surface area contributed by atoms with Gasteiger partial charge in [-0.3, -0.25) is 10.1 Å². The third-order valence-electron chi connectivity index (χ3n) is 4.39. The maximum absolute atomic E-state index is 11.9. The average Bonchev–Trinajstić information content (AvgIpc) is 3.05. The van der Waals surface area contributed by atoms with E-state index in [2.05, 4.69) is 17.6 Å². The smallest absolute Gasteiger partial charge is 0.332 e. The zero-order chi connectivity index (χ0) is 14.3. The van der Waals surface area contributed by atoms with Gasteiger partial charge in [0.15, 0.2) is 6.23 Å². The summed E-state index contributed by atoms with van der Waals surface area (Å²) >= 11 is 0. The second kappa shape index (κ2) is 4.61. The van der Waals surface area contributed by atoms with Crippen molar-refractivity contribution in [1.29, 1.82) is 0 Å². The Bertz CT molecular complexity index is 507. The Hall–Kier alpha value is -1.85. The number of urea groups is 1. The highest BCUT2D eigenvalue weighted by molar-refractivity contribution is 6.01. The van der Waals surface area contributed by atoms with E-state index in [4.69, 9.17) is 4.74 Å². The predicted molar refractivity (Wildman–Crippen MR) is 69.3 cm³/mol. The van der Waals surface area contributed by atoms with Crippen LogP contribution in [-0.2, 0) is 14.3 Å². The summed E-state index contributed by atoms with van der Waals surface area (Å²) in [6.07, 6.45) is 5.79. The van der Waals surface area contributed by atoms with Gasteiger partial charge in [-0.25, -0.2) is 9.59 Å². The Morgan fingerprint density at radius 3 is 2.80 bits per heavy atom. The van der Waals surface area contributed by atoms with Gasteiger partial charge < -0.3 is 10.1 Å². The number of imide groups is 1. The van der Waals surface area contributed by atoms with Crippen LogP contribution in [0.15, 0.2) is 11.6 Å². The molecule has 1 saturated carbocycles. The van der Waals surface area contributed by atoms with Crippen LogP contribution in [0.25, 0.3) is 0 Å². The molecule has 0 aromatic rings. The lowest BCUT2D eigenvalue weighted by molar-refractivity contribution is -0.152. The number of nitrogens with one attached hydrogen (secondary N) is 2. The van der Waals surface area contributed by atoms with Gasteiger partial charge in [0.05, 0.1) is 0 Å². The molecule has 1 saturated heterocycles. The van der Waals surface area contributed by atoms with Gasteiger partial charge >= 0.3 is 12.0 Å². The van der Waals surface area contributed by atoms with Crippen LogP contribution in [0.5, 0.6) is 0 Å². The van der Waals surface area contributed by atoms with E-state index < -0.39 is 30.1 Å². The Balaban J connectivity index is 1.69. The summed E-state index contributed by atoms with van der Waals surface area (Å²) in [5.74, 6) is -1.47. The van der Waals surface area contributed by atoms with Crippen molar-refractivity contribution in [1.82, 2.24) is 10.6 Å². The first-order chi connectivity index (χ1) is 9.47. The fourth-order valence-corrected chi connectivity index (χ4v) is 2.85. The molecular formula is C14H18N2O4. The van der Waals surface area contributed by atoms with Gasteiger partial charge in [0, 0.05) is 6.08 Å². The van der Waals surface area contributed by atoms with Crippen LogP contribution in [0.2, 0.25) is 0 Å². The van der Waals surface area contributed by atoms with Gasteiger partial charge in [-0.2, -0.15) is 0 Å². The highest BCUT2D eigenvalue weighted by Crippen LogP contribution is 2.49. The molecule has 2 atom stereocenters. The van der Waals surface area contributed by atoms with E-state index >= 15 is 0 Å². The van der Waals surface area contributed by atoms with Gasteiger partial charge in [0.2, 0.25) is 5.91 Å². The number of hydrogen-bond acceptors (Lipinski definition) is 4. The molecule has 2 N–H and O–H groups in total. The van der Waals surface area contributed by atoms with Crippen LogP contribution in [0.4, 0.5) is 4.79 Å². The molecule has 2 aliphatic heterocycles. The van der Waals surface area contributed by atoms with E-state index in [1.54, 1.807) is 0 Å². The highest BCUT2D eigenvalue weighted by Gasteiger charge is 2.43. The molecule has 6 heteroatoms. The summed E-state index contributed by atoms with van der Waals surface area (Å²) in [4.78, 5) is 34.7. The quantitative estimate of drug-likeness (QED) is 0.757. The second-order valence-corrected chi connectivity index (χ2v) is 6.18. The van der Waals surface area contributed by atoms with E-state index in [0.717, 1.165) is 18.4 Å². The van der Waals surface area contributed by atoms with Crippen LogP contribution in [0.1, 0.15) is 39.0 Å². The molecule has 2 fully saturated rings. The molecule has 3 amide bonds. The van der Waals surface area contributed by atoms with E-state index in [1.165, 1.54) is 18.9 Å². The van der Waals surface area contributed by atoms with Crippen LogP contribution in [-0.4, -0.2) is 24.1 Å². The first kappa shape index (κ1) is 13.1. The topological polar surface area (TPSA) is 84.5 Å². The van der Waals surface area contributed by atoms with E-state index in [1.807, 2.05) is 0 Å². The molecule has 0 aromatic heterocycles. The zero-order valence-corrected chi connectivity index (χ0v) is 11.4. The molecule has 0 bridgehead atoms. The number of ether oxygens (including phenoxy) is 1. The van der Waals surface area contributed by atoms with Crippen molar-refractivity contribution in [3.05, 3.63) is 11.6 Å². The van der Waals surface area contributed by atoms with Crippen LogP contribution in [0, 0.1) is 11.3 Å². The number of rotatable bonds is 4. The fourth-order valence-electron chi connectivity index (χ4n) is 2.85. The number of carbonyl (C=O) groups excluding carboxylic acids is 3. The van der Waals surface area contributed by atoms with Crippen molar-refractivity contribution < 1.29 is 19.1 Å². The standard InChI is InChI=1S/C14H18N2O4/c1-14(5-6-14)4-2-3-8-7-9(17)20-12-10(8)11(18)15-13(19)16-12/h7,10,12H,2-6H2,1H3,(H2,15,16,18,19). The molecule has 2 heterocycles. The van der Waals surface area contributed by atoms with Crippen molar-refractivity contribution >= 4 is 17.9 Å². The SMILES string of the molecule is CC1(CCCC2=CC(=O)OC3NC(=O)NC(=O)C23)CC1. The molecular weight excluding hydrogens is 260 g/mol. The maximum atomic E-state index is 11.9. The van der Waals surface area contributed by atoms with Crippen molar-refractivity contribution in [2.45, 2.75) is 45.3 Å². The molecule has 3 aliphatic rings. The monoisotopic (exact) mass is 278 g/mol. The number of amides is 3. The molecule has 2 unspecified atom stereocenters. The van der Waals surface area contributed by atoms with E-state index in [-0.39, 0.29) is 0 Å². The minimum atomic E-state index is -0.861. The van der Waals surface area contributed by atoms with Crippen LogP contribution in [0.3, 0.4) is 0 Å². The minimum absolute atomic E-state index is 0.393. The Kier molecular flexibility index (Phi) is 3.03. The molecule has 0 radical (unpaired) electrons. The van der Waals surface area contributed by atoms with Gasteiger partial charge in [0.25, 0.3) is 0 Å². The lowest BCUT2D eigenvalue weighted by atomic mass is 9.87. The van der Waals surface area contributed by atoms with Crippen molar-refractivity contribution in [2.75, 3.05) is 0 Å². The number of esters is 1. The van der Waals surface area contributed by atoms with Crippen LogP contribution >= 0.6 is 0 Å². The minimum Gasteiger partial charge on any atom is -0.437 e. The summed E-state index contributed by atoms with van der Waals surface area (Å²) in [5, 5.41) is 4.69. The lowest BCUT2D eigenvalue weighted by Gasteiger charge is -2.34. The van der Waals surface area contributed by atoms with E-state index in [9.17, 15) is 14.4 Å². The zero-order valence-electron chi connectivity index (χ0n) is 11.4. The predicted octanol–water partition coefficient (Wildman–Crippen LogP) is 1.22. The number of hydrogen-bond donors (Lipinski definition) is 2. The molecule has 6 nitrogen and oxygen atoms in total. The molecule has 20 heavy (non-hydrogen) atoms. The average molecular weight is 278 g/mol. The first-order valence-electron chi connectivity index (χ1n) is 6.99. The Morgan fingerprint density at radius 2 is 2.10 bits per heavy atom. The largest absolute Gasteiger partial charge is 0.437 e. The summed E-state index contributed by atoms with van der Waals surface area (Å²) in [6, 6.07) is -0.615.